The number of nitrogens with two attached hydrogens (primary N) is 1. The van der Waals surface area contributed by atoms with E-state index in [2.05, 4.69) is 0 Å². The molecule has 0 amide bonds. The molecule has 1 rings (SSSR count). The maximum Gasteiger partial charge on any atom is 0.707 e. The molecule has 0 unspecified atom stereocenters. The van der Waals surface area contributed by atoms with E-state index >= 15 is 0 Å². The van der Waals surface area contributed by atoms with Gasteiger partial charge in [0.15, 0.2) is 0 Å². The molecule has 1 aromatic rings. The molecule has 0 aliphatic rings. The topological polar surface area (TPSA) is 79.0 Å². The van der Waals surface area contributed by atoms with E-state index in [-0.39, 0.29) is 0 Å². The van der Waals surface area contributed by atoms with Crippen LogP contribution in [-0.2, 0) is 6.54 Å². The van der Waals surface area contributed by atoms with Crippen LogP contribution in [0.4, 0.5) is 5.69 Å². The molecule has 82 valence electrons. The quantitative estimate of drug-likeness (QED) is 0.468. The van der Waals surface area contributed by atoms with Gasteiger partial charge in [-0.3, -0.25) is 0 Å². The van der Waals surface area contributed by atoms with E-state index in [9.17, 15) is 0 Å². The van der Waals surface area contributed by atoms with Crippen molar-refractivity contribution >= 4 is 13.0 Å². The standard InChI is InChI=1S/C9H15BN2O3/c1-12(2)6-7-3-4-8(11)5-9(7)15-10(13)14/h3-5,13-14H,6,11H2,1-2H3. The average Bonchev–Trinajstić information content (AvgIpc) is 2.08. The molecular formula is C9H15BN2O3. The first-order chi connectivity index (χ1) is 6.99. The fraction of sp³-hybridized carbons (Fsp3) is 0.333. The lowest BCUT2D eigenvalue weighted by Crippen LogP contribution is -2.22. The Balaban J connectivity index is 2.92. The Labute approximate surface area is 89.3 Å². The normalized spacial score (nSPS) is 10.5. The first-order valence-electron chi connectivity index (χ1n) is 4.55. The van der Waals surface area contributed by atoms with Crippen molar-refractivity contribution in [3.05, 3.63) is 23.8 Å². The minimum absolute atomic E-state index is 0.388. The Bertz CT molecular complexity index is 331. The molecular weight excluding hydrogens is 195 g/mol. The zero-order chi connectivity index (χ0) is 11.4. The molecule has 0 radical (unpaired) electrons. The summed E-state index contributed by atoms with van der Waals surface area (Å²) in [5.74, 6) is 0.388. The Hall–Kier alpha value is -1.24. The highest BCUT2D eigenvalue weighted by Gasteiger charge is 2.14. The van der Waals surface area contributed by atoms with Crippen molar-refractivity contribution in [1.82, 2.24) is 4.90 Å². The van der Waals surface area contributed by atoms with Crippen LogP contribution in [0.3, 0.4) is 0 Å². The van der Waals surface area contributed by atoms with Gasteiger partial charge >= 0.3 is 7.32 Å². The second kappa shape index (κ2) is 5.02. The van der Waals surface area contributed by atoms with Crippen LogP contribution in [0.25, 0.3) is 0 Å². The molecule has 0 aliphatic heterocycles. The van der Waals surface area contributed by atoms with E-state index in [0.717, 1.165) is 5.56 Å². The lowest BCUT2D eigenvalue weighted by atomic mass is 10.1. The molecule has 4 N–H and O–H groups in total. The van der Waals surface area contributed by atoms with E-state index < -0.39 is 7.32 Å². The van der Waals surface area contributed by atoms with Crippen molar-refractivity contribution in [2.75, 3.05) is 19.8 Å². The third kappa shape index (κ3) is 3.79. The van der Waals surface area contributed by atoms with Gasteiger partial charge in [-0.25, -0.2) is 0 Å². The predicted octanol–water partition coefficient (Wildman–Crippen LogP) is -0.321. The first-order valence-corrected chi connectivity index (χ1v) is 4.55. The molecule has 15 heavy (non-hydrogen) atoms. The number of nitrogen functional groups attached to an aromatic ring is 1. The summed E-state index contributed by atoms with van der Waals surface area (Å²) >= 11 is 0. The summed E-state index contributed by atoms with van der Waals surface area (Å²) in [4.78, 5) is 1.95. The van der Waals surface area contributed by atoms with Crippen molar-refractivity contribution in [1.29, 1.82) is 0 Å². The van der Waals surface area contributed by atoms with Crippen LogP contribution < -0.4 is 10.4 Å². The van der Waals surface area contributed by atoms with Gasteiger partial charge in [0.25, 0.3) is 0 Å². The van der Waals surface area contributed by atoms with Crippen LogP contribution >= 0.6 is 0 Å². The third-order valence-electron chi connectivity index (χ3n) is 1.81. The van der Waals surface area contributed by atoms with Crippen molar-refractivity contribution in [2.24, 2.45) is 0 Å². The molecule has 5 nitrogen and oxygen atoms in total. The lowest BCUT2D eigenvalue weighted by molar-refractivity contribution is 0.284. The maximum atomic E-state index is 8.73. The molecule has 0 aromatic heterocycles. The molecule has 0 bridgehead atoms. The lowest BCUT2D eigenvalue weighted by Gasteiger charge is -2.15. The highest BCUT2D eigenvalue weighted by Crippen LogP contribution is 2.22. The van der Waals surface area contributed by atoms with Gasteiger partial charge in [-0.15, -0.1) is 0 Å². The van der Waals surface area contributed by atoms with E-state index in [4.69, 9.17) is 20.4 Å². The number of anilines is 1. The van der Waals surface area contributed by atoms with Crippen LogP contribution in [0.1, 0.15) is 5.56 Å². The fourth-order valence-electron chi connectivity index (χ4n) is 1.27. The van der Waals surface area contributed by atoms with Crippen molar-refractivity contribution in [2.45, 2.75) is 6.54 Å². The van der Waals surface area contributed by atoms with Crippen molar-refractivity contribution < 1.29 is 14.7 Å². The van der Waals surface area contributed by atoms with E-state index in [1.807, 2.05) is 19.0 Å². The molecule has 0 fully saturated rings. The average molecular weight is 210 g/mol. The summed E-state index contributed by atoms with van der Waals surface area (Å²) in [7, 11) is 2.00. The molecule has 0 heterocycles. The summed E-state index contributed by atoms with van der Waals surface area (Å²) in [6.07, 6.45) is 0. The van der Waals surface area contributed by atoms with Crippen LogP contribution in [0, 0.1) is 0 Å². The van der Waals surface area contributed by atoms with Crippen LogP contribution in [0.2, 0.25) is 0 Å². The Morgan fingerprint density at radius 2 is 2.07 bits per heavy atom. The zero-order valence-electron chi connectivity index (χ0n) is 8.84. The highest BCUT2D eigenvalue weighted by atomic mass is 16.6. The summed E-state index contributed by atoms with van der Waals surface area (Å²) in [5, 5.41) is 17.5. The molecule has 0 aliphatic carbocycles. The molecule has 0 saturated heterocycles. The number of hydrogen-bond acceptors (Lipinski definition) is 5. The van der Waals surface area contributed by atoms with Gasteiger partial charge in [0.05, 0.1) is 0 Å². The van der Waals surface area contributed by atoms with Gasteiger partial charge < -0.3 is 25.3 Å². The Morgan fingerprint density at radius 1 is 1.40 bits per heavy atom. The van der Waals surface area contributed by atoms with Crippen molar-refractivity contribution in [3.8, 4) is 5.75 Å². The zero-order valence-corrected chi connectivity index (χ0v) is 8.84. The van der Waals surface area contributed by atoms with E-state index in [1.54, 1.807) is 18.2 Å². The monoisotopic (exact) mass is 210 g/mol. The maximum absolute atomic E-state index is 8.73. The molecule has 1 aromatic carbocycles. The molecule has 0 spiro atoms. The summed E-state index contributed by atoms with van der Waals surface area (Å²) in [5.41, 5.74) is 6.95. The summed E-state index contributed by atoms with van der Waals surface area (Å²) in [6, 6.07) is 5.11. The number of rotatable bonds is 4. The molecule has 0 saturated carbocycles. The van der Waals surface area contributed by atoms with Gasteiger partial charge in [-0.05, 0) is 20.2 Å². The molecule has 6 heteroatoms. The van der Waals surface area contributed by atoms with Crippen LogP contribution in [-0.4, -0.2) is 36.4 Å². The third-order valence-corrected chi connectivity index (χ3v) is 1.81. The van der Waals surface area contributed by atoms with Gasteiger partial charge in [-0.1, -0.05) is 6.07 Å². The van der Waals surface area contributed by atoms with Gasteiger partial charge in [0.2, 0.25) is 0 Å². The molecule has 0 atom stereocenters. The smallest absolute Gasteiger partial charge is 0.512 e. The second-order valence-corrected chi connectivity index (χ2v) is 3.55. The van der Waals surface area contributed by atoms with Crippen molar-refractivity contribution in [3.63, 3.8) is 0 Å². The van der Waals surface area contributed by atoms with Crippen LogP contribution in [0.15, 0.2) is 18.2 Å². The SMILES string of the molecule is CN(C)Cc1ccc(N)cc1OB(O)O. The summed E-state index contributed by atoms with van der Waals surface area (Å²) in [6.45, 7) is 0.641. The number of hydrogen-bond donors (Lipinski definition) is 3. The van der Waals surface area contributed by atoms with Gasteiger partial charge in [0, 0.05) is 23.9 Å². The number of benzene rings is 1. The van der Waals surface area contributed by atoms with E-state index in [1.165, 1.54) is 0 Å². The highest BCUT2D eigenvalue weighted by molar-refractivity contribution is 6.33. The fourth-order valence-corrected chi connectivity index (χ4v) is 1.27. The minimum Gasteiger partial charge on any atom is -0.512 e. The Kier molecular flexibility index (Phi) is 3.96. The van der Waals surface area contributed by atoms with Crippen LogP contribution in [0.5, 0.6) is 5.75 Å². The Morgan fingerprint density at radius 3 is 2.60 bits per heavy atom. The predicted molar refractivity (Wildman–Crippen MR) is 59.1 cm³/mol. The number of nitrogens with zero attached hydrogens (tertiary/aromatic N) is 1. The first kappa shape index (κ1) is 11.8. The largest absolute Gasteiger partial charge is 0.707 e. The second-order valence-electron chi connectivity index (χ2n) is 3.55. The van der Waals surface area contributed by atoms with Gasteiger partial charge in [0.1, 0.15) is 5.75 Å². The van der Waals surface area contributed by atoms with Gasteiger partial charge in [-0.2, -0.15) is 0 Å². The minimum atomic E-state index is -1.83. The summed E-state index contributed by atoms with van der Waals surface area (Å²) < 4.78 is 4.83. The van der Waals surface area contributed by atoms with E-state index in [0.29, 0.717) is 18.0 Å².